The summed E-state index contributed by atoms with van der Waals surface area (Å²) in [6.45, 7) is 1.57. The van der Waals surface area contributed by atoms with Gasteiger partial charge in [0, 0.05) is 13.2 Å². The van der Waals surface area contributed by atoms with Gasteiger partial charge in [0.25, 0.3) is 0 Å². The van der Waals surface area contributed by atoms with Crippen LogP contribution in [0.5, 0.6) is 0 Å². The van der Waals surface area contributed by atoms with Gasteiger partial charge in [-0.3, -0.25) is 4.98 Å². The number of aromatic nitrogens is 2. The molecule has 1 rings (SSSR count). The molecule has 0 unspecified atom stereocenters. The molecular weight excluding hydrogens is 238 g/mol. The standard InChI is InChI=1S/C11H17N3O4/c1-17-11(16)9-7-12-8-10(14-9)13-3-2-5-18-6-4-15/h7-8,15H,2-6H2,1H3,(H,13,14). The van der Waals surface area contributed by atoms with Crippen molar-refractivity contribution in [1.29, 1.82) is 0 Å². The van der Waals surface area contributed by atoms with Gasteiger partial charge in [-0.05, 0) is 6.42 Å². The van der Waals surface area contributed by atoms with Crippen LogP contribution < -0.4 is 5.32 Å². The fourth-order valence-electron chi connectivity index (χ4n) is 1.21. The van der Waals surface area contributed by atoms with Gasteiger partial charge in [-0.15, -0.1) is 0 Å². The first-order chi connectivity index (χ1) is 8.77. The molecule has 0 saturated heterocycles. The quantitative estimate of drug-likeness (QED) is 0.501. The summed E-state index contributed by atoms with van der Waals surface area (Å²) >= 11 is 0. The number of esters is 1. The predicted molar refractivity (Wildman–Crippen MR) is 64.4 cm³/mol. The number of carbonyl (C=O) groups excluding carboxylic acids is 1. The molecule has 0 spiro atoms. The molecule has 18 heavy (non-hydrogen) atoms. The molecule has 0 saturated carbocycles. The van der Waals surface area contributed by atoms with Gasteiger partial charge in [0.15, 0.2) is 5.69 Å². The molecule has 7 heteroatoms. The number of carbonyl (C=O) groups is 1. The maximum atomic E-state index is 11.2. The number of aliphatic hydroxyl groups excluding tert-OH is 1. The normalized spacial score (nSPS) is 10.1. The van der Waals surface area contributed by atoms with Crippen LogP contribution in [0.25, 0.3) is 0 Å². The van der Waals surface area contributed by atoms with Crippen molar-refractivity contribution >= 4 is 11.8 Å². The molecule has 2 N–H and O–H groups in total. The molecule has 0 fully saturated rings. The third-order valence-corrected chi connectivity index (χ3v) is 2.04. The van der Waals surface area contributed by atoms with Gasteiger partial charge >= 0.3 is 5.97 Å². The number of hydrogen-bond acceptors (Lipinski definition) is 7. The van der Waals surface area contributed by atoms with Gasteiger partial charge in [0.1, 0.15) is 5.82 Å². The van der Waals surface area contributed by atoms with E-state index in [1.54, 1.807) is 0 Å². The van der Waals surface area contributed by atoms with Gasteiger partial charge in [-0.25, -0.2) is 9.78 Å². The zero-order valence-corrected chi connectivity index (χ0v) is 10.3. The lowest BCUT2D eigenvalue weighted by Crippen LogP contribution is -2.11. The van der Waals surface area contributed by atoms with Crippen LogP contribution in [0.2, 0.25) is 0 Å². The molecular formula is C11H17N3O4. The zero-order valence-electron chi connectivity index (χ0n) is 10.3. The number of hydrogen-bond donors (Lipinski definition) is 2. The third-order valence-electron chi connectivity index (χ3n) is 2.04. The smallest absolute Gasteiger partial charge is 0.358 e. The van der Waals surface area contributed by atoms with E-state index >= 15 is 0 Å². The van der Waals surface area contributed by atoms with Gasteiger partial charge in [-0.2, -0.15) is 0 Å². The number of ether oxygens (including phenoxy) is 2. The molecule has 1 aromatic rings. The summed E-state index contributed by atoms with van der Waals surface area (Å²) in [4.78, 5) is 19.2. The number of anilines is 1. The van der Waals surface area contributed by atoms with Crippen LogP contribution in [0.3, 0.4) is 0 Å². The molecule has 0 aliphatic heterocycles. The third kappa shape index (κ3) is 5.07. The highest BCUT2D eigenvalue weighted by Gasteiger charge is 2.07. The lowest BCUT2D eigenvalue weighted by Gasteiger charge is -2.06. The van der Waals surface area contributed by atoms with Crippen molar-refractivity contribution in [2.75, 3.05) is 38.8 Å². The molecule has 0 radical (unpaired) electrons. The van der Waals surface area contributed by atoms with E-state index in [1.165, 1.54) is 19.5 Å². The Bertz CT molecular complexity index is 373. The second-order valence-corrected chi connectivity index (χ2v) is 3.40. The van der Waals surface area contributed by atoms with Crippen molar-refractivity contribution in [3.63, 3.8) is 0 Å². The first kappa shape index (κ1) is 14.3. The van der Waals surface area contributed by atoms with Crippen molar-refractivity contribution < 1.29 is 19.4 Å². The summed E-state index contributed by atoms with van der Waals surface area (Å²) in [5, 5.41) is 11.5. The van der Waals surface area contributed by atoms with Crippen LogP contribution in [-0.4, -0.2) is 54.5 Å². The topological polar surface area (TPSA) is 93.6 Å². The van der Waals surface area contributed by atoms with Crippen LogP contribution in [-0.2, 0) is 9.47 Å². The van der Waals surface area contributed by atoms with E-state index in [2.05, 4.69) is 20.0 Å². The van der Waals surface area contributed by atoms with E-state index < -0.39 is 5.97 Å². The van der Waals surface area contributed by atoms with Crippen LogP contribution in [0.1, 0.15) is 16.9 Å². The van der Waals surface area contributed by atoms with E-state index in [1.807, 2.05) is 0 Å². The average molecular weight is 255 g/mol. The summed E-state index contributed by atoms with van der Waals surface area (Å²) < 4.78 is 9.65. The Hall–Kier alpha value is -1.73. The van der Waals surface area contributed by atoms with Gasteiger partial charge in [0.2, 0.25) is 0 Å². The Balaban J connectivity index is 2.32. The Labute approximate surface area is 105 Å². The first-order valence-electron chi connectivity index (χ1n) is 5.60. The largest absolute Gasteiger partial charge is 0.464 e. The Morgan fingerprint density at radius 1 is 1.44 bits per heavy atom. The average Bonchev–Trinajstić information content (AvgIpc) is 2.42. The van der Waals surface area contributed by atoms with Crippen molar-refractivity contribution in [2.45, 2.75) is 6.42 Å². The van der Waals surface area contributed by atoms with Gasteiger partial charge in [-0.1, -0.05) is 0 Å². The first-order valence-corrected chi connectivity index (χ1v) is 5.60. The van der Waals surface area contributed by atoms with Crippen LogP contribution in [0, 0.1) is 0 Å². The van der Waals surface area contributed by atoms with E-state index in [0.29, 0.717) is 25.6 Å². The maximum Gasteiger partial charge on any atom is 0.358 e. The van der Waals surface area contributed by atoms with Crippen molar-refractivity contribution in [3.8, 4) is 0 Å². The molecule has 0 amide bonds. The predicted octanol–water partition coefficient (Wildman–Crippen LogP) is 0.0741. The fraction of sp³-hybridized carbons (Fsp3) is 0.545. The minimum absolute atomic E-state index is 0.0279. The van der Waals surface area contributed by atoms with Crippen molar-refractivity contribution in [3.05, 3.63) is 18.1 Å². The molecule has 0 aliphatic carbocycles. The van der Waals surface area contributed by atoms with Crippen molar-refractivity contribution in [1.82, 2.24) is 9.97 Å². The van der Waals surface area contributed by atoms with E-state index in [9.17, 15) is 4.79 Å². The highest BCUT2D eigenvalue weighted by Crippen LogP contribution is 2.03. The monoisotopic (exact) mass is 255 g/mol. The summed E-state index contributed by atoms with van der Waals surface area (Å²) in [5.74, 6) is -0.00233. The Kier molecular flexibility index (Phi) is 6.67. The van der Waals surface area contributed by atoms with Crippen LogP contribution in [0.4, 0.5) is 5.82 Å². The van der Waals surface area contributed by atoms with Gasteiger partial charge < -0.3 is 19.9 Å². The molecule has 7 nitrogen and oxygen atoms in total. The molecule has 0 bridgehead atoms. The Morgan fingerprint density at radius 2 is 2.28 bits per heavy atom. The summed E-state index contributed by atoms with van der Waals surface area (Å²) in [6.07, 6.45) is 3.65. The second-order valence-electron chi connectivity index (χ2n) is 3.40. The molecule has 0 aromatic carbocycles. The van der Waals surface area contributed by atoms with E-state index in [0.717, 1.165) is 6.42 Å². The number of aliphatic hydroxyl groups is 1. The minimum Gasteiger partial charge on any atom is -0.464 e. The fourth-order valence-corrected chi connectivity index (χ4v) is 1.21. The van der Waals surface area contributed by atoms with Crippen molar-refractivity contribution in [2.24, 2.45) is 0 Å². The summed E-state index contributed by atoms with van der Waals surface area (Å²) in [5.41, 5.74) is 0.166. The summed E-state index contributed by atoms with van der Waals surface area (Å²) in [6, 6.07) is 0. The lowest BCUT2D eigenvalue weighted by molar-refractivity contribution is 0.0593. The van der Waals surface area contributed by atoms with E-state index in [4.69, 9.17) is 9.84 Å². The summed E-state index contributed by atoms with van der Waals surface area (Å²) in [7, 11) is 1.29. The number of nitrogens with zero attached hydrogens (tertiary/aromatic N) is 2. The molecule has 0 aliphatic rings. The molecule has 0 atom stereocenters. The number of nitrogens with one attached hydrogen (secondary N) is 1. The minimum atomic E-state index is -0.516. The van der Waals surface area contributed by atoms with Gasteiger partial charge in [0.05, 0.1) is 32.7 Å². The highest BCUT2D eigenvalue weighted by atomic mass is 16.5. The zero-order chi connectivity index (χ0) is 13.2. The Morgan fingerprint density at radius 3 is 3.00 bits per heavy atom. The SMILES string of the molecule is COC(=O)c1cncc(NCCCOCCO)n1. The number of rotatable bonds is 8. The van der Waals surface area contributed by atoms with Crippen LogP contribution in [0.15, 0.2) is 12.4 Å². The maximum absolute atomic E-state index is 11.2. The lowest BCUT2D eigenvalue weighted by atomic mass is 10.4. The second kappa shape index (κ2) is 8.37. The number of methoxy groups -OCH3 is 1. The molecule has 1 heterocycles. The van der Waals surface area contributed by atoms with E-state index in [-0.39, 0.29) is 12.3 Å². The molecule has 100 valence electrons. The molecule has 1 aromatic heterocycles. The van der Waals surface area contributed by atoms with Crippen LogP contribution >= 0.6 is 0 Å². The highest BCUT2D eigenvalue weighted by molar-refractivity contribution is 5.87.